The summed E-state index contributed by atoms with van der Waals surface area (Å²) in [6, 6.07) is 0. The van der Waals surface area contributed by atoms with E-state index < -0.39 is 4.92 Å². The Balaban J connectivity index is 2.21. The molecule has 0 aliphatic rings. The molecule has 8 nitrogen and oxygen atoms in total. The van der Waals surface area contributed by atoms with Crippen molar-refractivity contribution in [1.29, 1.82) is 0 Å². The number of aromatic nitrogens is 5. The van der Waals surface area contributed by atoms with Gasteiger partial charge < -0.3 is 10.1 Å². The summed E-state index contributed by atoms with van der Waals surface area (Å²) in [4.78, 5) is 14.1. The molecule has 0 bridgehead atoms. The molecule has 0 aliphatic heterocycles. The number of rotatable bonds is 5. The van der Waals surface area contributed by atoms with Crippen LogP contribution in [0.3, 0.4) is 0 Å². The maximum Gasteiger partial charge on any atom is 0.408 e. The van der Waals surface area contributed by atoms with Gasteiger partial charge in [0.2, 0.25) is 0 Å². The molecule has 0 N–H and O–H groups in total. The van der Waals surface area contributed by atoms with Gasteiger partial charge in [-0.15, -0.1) is 0 Å². The summed E-state index contributed by atoms with van der Waals surface area (Å²) in [6.45, 7) is 3.07. The molecule has 0 saturated carbocycles. The van der Waals surface area contributed by atoms with Crippen LogP contribution in [0.5, 0.6) is 0 Å². The Morgan fingerprint density at radius 3 is 2.94 bits per heavy atom. The van der Waals surface area contributed by atoms with Gasteiger partial charge in [0.25, 0.3) is 0 Å². The standard InChI is InChI=1S/C9H11ClN6O2/c1-2-3-15-8(11-6-12-15)5-14-4-7(10)9(13-14)16(17)18/h4,6H,2-3,5H2,1H3. The lowest BCUT2D eigenvalue weighted by Gasteiger charge is -2.01. The summed E-state index contributed by atoms with van der Waals surface area (Å²) in [5, 5.41) is 18.5. The van der Waals surface area contributed by atoms with E-state index in [4.69, 9.17) is 11.6 Å². The van der Waals surface area contributed by atoms with Gasteiger partial charge in [-0.25, -0.2) is 9.67 Å². The second-order valence-corrected chi connectivity index (χ2v) is 4.06. The maximum absolute atomic E-state index is 10.6. The molecular weight excluding hydrogens is 260 g/mol. The third kappa shape index (κ3) is 2.48. The molecule has 2 heterocycles. The summed E-state index contributed by atoms with van der Waals surface area (Å²) < 4.78 is 3.12. The predicted octanol–water partition coefficient (Wildman–Crippen LogP) is 1.49. The molecule has 0 unspecified atom stereocenters. The van der Waals surface area contributed by atoms with Gasteiger partial charge in [0.05, 0.1) is 11.3 Å². The van der Waals surface area contributed by atoms with Gasteiger partial charge in [0, 0.05) is 6.54 Å². The zero-order chi connectivity index (χ0) is 13.1. The average Bonchev–Trinajstić information content (AvgIpc) is 2.87. The molecule has 2 aromatic heterocycles. The van der Waals surface area contributed by atoms with Gasteiger partial charge in [-0.05, 0) is 11.3 Å². The molecule has 0 saturated heterocycles. The van der Waals surface area contributed by atoms with E-state index in [1.54, 1.807) is 4.68 Å². The Morgan fingerprint density at radius 1 is 1.56 bits per heavy atom. The van der Waals surface area contributed by atoms with Crippen LogP contribution in [0.4, 0.5) is 5.82 Å². The average molecular weight is 271 g/mol. The second kappa shape index (κ2) is 5.13. The Labute approximate surface area is 107 Å². The highest BCUT2D eigenvalue weighted by atomic mass is 35.5. The lowest BCUT2D eigenvalue weighted by Crippen LogP contribution is -2.10. The Morgan fingerprint density at radius 2 is 2.33 bits per heavy atom. The quantitative estimate of drug-likeness (QED) is 0.606. The van der Waals surface area contributed by atoms with Crippen molar-refractivity contribution in [3.63, 3.8) is 0 Å². The van der Waals surface area contributed by atoms with Crippen molar-refractivity contribution in [2.24, 2.45) is 0 Å². The molecule has 0 radical (unpaired) electrons. The molecule has 18 heavy (non-hydrogen) atoms. The molecule has 9 heteroatoms. The van der Waals surface area contributed by atoms with Gasteiger partial charge >= 0.3 is 5.82 Å². The smallest absolute Gasteiger partial charge is 0.358 e. The van der Waals surface area contributed by atoms with Crippen molar-refractivity contribution in [3.05, 3.63) is 33.5 Å². The van der Waals surface area contributed by atoms with Crippen LogP contribution in [0.2, 0.25) is 5.02 Å². The fraction of sp³-hybridized carbons (Fsp3) is 0.444. The third-order valence-electron chi connectivity index (χ3n) is 2.31. The molecule has 2 rings (SSSR count). The number of nitro groups is 1. The van der Waals surface area contributed by atoms with E-state index in [1.165, 1.54) is 17.2 Å². The number of hydrogen-bond donors (Lipinski definition) is 0. The van der Waals surface area contributed by atoms with Crippen LogP contribution in [-0.2, 0) is 13.1 Å². The van der Waals surface area contributed by atoms with E-state index in [-0.39, 0.29) is 10.8 Å². The van der Waals surface area contributed by atoms with Crippen molar-refractivity contribution in [3.8, 4) is 0 Å². The molecule has 0 amide bonds. The van der Waals surface area contributed by atoms with E-state index in [0.29, 0.717) is 12.4 Å². The number of nitrogens with zero attached hydrogens (tertiary/aromatic N) is 6. The minimum atomic E-state index is -0.615. The topological polar surface area (TPSA) is 91.7 Å². The number of hydrogen-bond acceptors (Lipinski definition) is 5. The molecule has 0 fully saturated rings. The first-order chi connectivity index (χ1) is 8.61. The molecular formula is C9H11ClN6O2. The van der Waals surface area contributed by atoms with Crippen LogP contribution in [0.1, 0.15) is 19.2 Å². The van der Waals surface area contributed by atoms with Crippen LogP contribution in [0.15, 0.2) is 12.5 Å². The lowest BCUT2D eigenvalue weighted by atomic mass is 10.5. The largest absolute Gasteiger partial charge is 0.408 e. The molecule has 0 atom stereocenters. The summed E-state index contributed by atoms with van der Waals surface area (Å²) in [5.41, 5.74) is 0. The van der Waals surface area contributed by atoms with Gasteiger partial charge in [0.15, 0.2) is 10.8 Å². The fourth-order valence-electron chi connectivity index (χ4n) is 1.55. The van der Waals surface area contributed by atoms with Crippen LogP contribution in [-0.4, -0.2) is 29.5 Å². The lowest BCUT2D eigenvalue weighted by molar-refractivity contribution is -0.389. The summed E-state index contributed by atoms with van der Waals surface area (Å²) >= 11 is 5.71. The first kappa shape index (κ1) is 12.5. The zero-order valence-corrected chi connectivity index (χ0v) is 10.4. The summed E-state index contributed by atoms with van der Waals surface area (Å²) in [5.74, 6) is 0.337. The Kier molecular flexibility index (Phi) is 3.56. The monoisotopic (exact) mass is 270 g/mol. The molecule has 2 aromatic rings. The van der Waals surface area contributed by atoms with Crippen molar-refractivity contribution in [2.45, 2.75) is 26.4 Å². The molecule has 0 aliphatic carbocycles. The van der Waals surface area contributed by atoms with E-state index in [1.807, 2.05) is 6.92 Å². The van der Waals surface area contributed by atoms with Crippen LogP contribution >= 0.6 is 11.6 Å². The Hall–Kier alpha value is -1.96. The molecule has 0 spiro atoms. The normalized spacial score (nSPS) is 10.8. The highest BCUT2D eigenvalue weighted by molar-refractivity contribution is 6.32. The van der Waals surface area contributed by atoms with Crippen molar-refractivity contribution >= 4 is 17.4 Å². The van der Waals surface area contributed by atoms with Gasteiger partial charge in [-0.3, -0.25) is 0 Å². The highest BCUT2D eigenvalue weighted by Gasteiger charge is 2.20. The maximum atomic E-state index is 10.6. The number of halogens is 1. The van der Waals surface area contributed by atoms with Gasteiger partial charge in [-0.1, -0.05) is 18.5 Å². The van der Waals surface area contributed by atoms with Crippen molar-refractivity contribution in [1.82, 2.24) is 24.5 Å². The van der Waals surface area contributed by atoms with Crippen LogP contribution < -0.4 is 0 Å². The second-order valence-electron chi connectivity index (χ2n) is 3.65. The SMILES string of the molecule is CCCn1ncnc1Cn1cc(Cl)c([N+](=O)[O-])n1. The first-order valence-corrected chi connectivity index (χ1v) is 5.73. The van der Waals surface area contributed by atoms with Crippen molar-refractivity contribution in [2.75, 3.05) is 0 Å². The molecule has 96 valence electrons. The minimum absolute atomic E-state index is 0.0153. The zero-order valence-electron chi connectivity index (χ0n) is 9.65. The fourth-order valence-corrected chi connectivity index (χ4v) is 1.77. The van der Waals surface area contributed by atoms with E-state index in [2.05, 4.69) is 15.2 Å². The van der Waals surface area contributed by atoms with E-state index >= 15 is 0 Å². The van der Waals surface area contributed by atoms with E-state index in [9.17, 15) is 10.1 Å². The summed E-state index contributed by atoms with van der Waals surface area (Å²) in [6.07, 6.45) is 3.78. The predicted molar refractivity (Wildman–Crippen MR) is 63.3 cm³/mol. The highest BCUT2D eigenvalue weighted by Crippen LogP contribution is 2.21. The van der Waals surface area contributed by atoms with Gasteiger partial charge in [0.1, 0.15) is 12.9 Å². The van der Waals surface area contributed by atoms with Crippen molar-refractivity contribution < 1.29 is 4.92 Å². The van der Waals surface area contributed by atoms with E-state index in [0.717, 1.165) is 13.0 Å². The van der Waals surface area contributed by atoms with Crippen LogP contribution in [0.25, 0.3) is 0 Å². The first-order valence-electron chi connectivity index (χ1n) is 5.35. The number of aryl methyl sites for hydroxylation is 1. The Bertz CT molecular complexity index is 563. The third-order valence-corrected chi connectivity index (χ3v) is 2.57. The minimum Gasteiger partial charge on any atom is -0.358 e. The van der Waals surface area contributed by atoms with Crippen LogP contribution in [0, 0.1) is 10.1 Å². The van der Waals surface area contributed by atoms with Gasteiger partial charge in [-0.2, -0.15) is 9.78 Å². The summed E-state index contributed by atoms with van der Waals surface area (Å²) in [7, 11) is 0. The molecule has 0 aromatic carbocycles.